The van der Waals surface area contributed by atoms with Crippen LogP contribution in [0, 0.1) is 12.7 Å². The topological polar surface area (TPSA) is 32.7 Å². The van der Waals surface area contributed by atoms with E-state index < -0.39 is 5.60 Å². The molecule has 2 fully saturated rings. The van der Waals surface area contributed by atoms with Crippen LogP contribution in [0.15, 0.2) is 42.5 Å². The van der Waals surface area contributed by atoms with Crippen molar-refractivity contribution >= 4 is 0 Å². The number of aliphatic hydroxyl groups is 1. The number of nitrogens with zero attached hydrogens (tertiary/aromatic N) is 1. The third-order valence-corrected chi connectivity index (χ3v) is 6.13. The van der Waals surface area contributed by atoms with E-state index in [2.05, 4.69) is 30.0 Å². The van der Waals surface area contributed by atoms with Crippen molar-refractivity contribution in [2.75, 3.05) is 7.11 Å². The molecule has 0 amide bonds. The predicted octanol–water partition coefficient (Wildman–Crippen LogP) is 4.16. The fraction of sp³-hybridized carbons (Fsp3) is 0.455. The van der Waals surface area contributed by atoms with Gasteiger partial charge < -0.3 is 9.84 Å². The van der Waals surface area contributed by atoms with Crippen molar-refractivity contribution < 1.29 is 14.2 Å². The summed E-state index contributed by atoms with van der Waals surface area (Å²) in [7, 11) is 1.72. The van der Waals surface area contributed by atoms with Gasteiger partial charge in [-0.3, -0.25) is 4.90 Å². The lowest BCUT2D eigenvalue weighted by Gasteiger charge is -2.44. The molecular weight excluding hydrogens is 329 g/mol. The van der Waals surface area contributed by atoms with E-state index in [-0.39, 0.29) is 5.82 Å². The Labute approximate surface area is 154 Å². The van der Waals surface area contributed by atoms with Gasteiger partial charge in [-0.1, -0.05) is 30.3 Å². The Kier molecular flexibility index (Phi) is 4.49. The molecule has 0 spiro atoms. The molecule has 26 heavy (non-hydrogen) atoms. The maximum Gasteiger partial charge on any atom is 0.126 e. The van der Waals surface area contributed by atoms with Gasteiger partial charge in [-0.25, -0.2) is 4.39 Å². The number of para-hydroxylation sites is 1. The predicted molar refractivity (Wildman–Crippen MR) is 99.6 cm³/mol. The monoisotopic (exact) mass is 355 g/mol. The van der Waals surface area contributed by atoms with E-state index in [1.165, 1.54) is 17.7 Å². The molecule has 0 aliphatic carbocycles. The quantitative estimate of drug-likeness (QED) is 0.894. The number of ether oxygens (including phenoxy) is 1. The molecule has 2 bridgehead atoms. The van der Waals surface area contributed by atoms with Crippen molar-refractivity contribution in [3.63, 3.8) is 0 Å². The van der Waals surface area contributed by atoms with Crippen molar-refractivity contribution in [3.05, 3.63) is 65.0 Å². The Hall–Kier alpha value is -1.91. The molecule has 4 heteroatoms. The lowest BCUT2D eigenvalue weighted by Crippen LogP contribution is -2.49. The number of piperidine rings is 1. The number of hydrogen-bond donors (Lipinski definition) is 1. The molecule has 2 aliphatic heterocycles. The normalized spacial score (nSPS) is 28.3. The molecule has 2 aromatic carbocycles. The minimum absolute atomic E-state index is 0.282. The van der Waals surface area contributed by atoms with Gasteiger partial charge in [0.25, 0.3) is 0 Å². The first-order chi connectivity index (χ1) is 12.5. The van der Waals surface area contributed by atoms with Crippen molar-refractivity contribution in [1.82, 2.24) is 4.90 Å². The van der Waals surface area contributed by atoms with Gasteiger partial charge in [0, 0.05) is 24.2 Å². The molecule has 2 aromatic rings. The second-order valence-corrected chi connectivity index (χ2v) is 7.77. The van der Waals surface area contributed by atoms with E-state index in [9.17, 15) is 9.50 Å². The van der Waals surface area contributed by atoms with Gasteiger partial charge in [-0.2, -0.15) is 0 Å². The Bertz CT molecular complexity index is 792. The van der Waals surface area contributed by atoms with Crippen molar-refractivity contribution in [2.24, 2.45) is 0 Å². The van der Waals surface area contributed by atoms with Gasteiger partial charge in [0.1, 0.15) is 11.6 Å². The molecule has 0 saturated carbocycles. The van der Waals surface area contributed by atoms with Crippen LogP contribution in [-0.2, 0) is 12.1 Å². The molecule has 2 heterocycles. The smallest absolute Gasteiger partial charge is 0.126 e. The molecule has 2 aliphatic rings. The summed E-state index contributed by atoms with van der Waals surface area (Å²) in [5, 5.41) is 11.3. The maximum atomic E-state index is 13.7. The lowest BCUT2D eigenvalue weighted by atomic mass is 9.80. The first-order valence-electron chi connectivity index (χ1n) is 9.37. The minimum atomic E-state index is -0.929. The highest BCUT2D eigenvalue weighted by atomic mass is 19.1. The molecular formula is C22H26FNO2. The molecule has 138 valence electrons. The average molecular weight is 355 g/mol. The van der Waals surface area contributed by atoms with Crippen LogP contribution in [0.4, 0.5) is 4.39 Å². The Morgan fingerprint density at radius 3 is 2.50 bits per heavy atom. The van der Waals surface area contributed by atoms with E-state index in [1.807, 2.05) is 6.07 Å². The molecule has 0 radical (unpaired) electrons. The molecule has 0 unspecified atom stereocenters. The summed E-state index contributed by atoms with van der Waals surface area (Å²) in [6.07, 6.45) is 3.47. The molecule has 3 nitrogen and oxygen atoms in total. The van der Waals surface area contributed by atoms with Crippen LogP contribution < -0.4 is 4.74 Å². The fourth-order valence-corrected chi connectivity index (χ4v) is 4.91. The number of hydrogen-bond acceptors (Lipinski definition) is 3. The van der Waals surface area contributed by atoms with Gasteiger partial charge in [-0.15, -0.1) is 0 Å². The number of fused-ring (bicyclic) bond motifs is 2. The van der Waals surface area contributed by atoms with Crippen molar-refractivity contribution in [2.45, 2.75) is 56.8 Å². The SMILES string of the molecule is COc1c(C)cccc1CN1[C@H]2CC[C@H]1CC(O)(c1cccc(F)c1)C2. The summed E-state index contributed by atoms with van der Waals surface area (Å²) < 4.78 is 19.3. The first-order valence-corrected chi connectivity index (χ1v) is 9.37. The van der Waals surface area contributed by atoms with Gasteiger partial charge in [0.05, 0.1) is 12.7 Å². The average Bonchev–Trinajstić information content (AvgIpc) is 2.86. The highest BCUT2D eigenvalue weighted by Gasteiger charge is 2.48. The molecule has 0 aromatic heterocycles. The van der Waals surface area contributed by atoms with E-state index in [0.29, 0.717) is 30.5 Å². The standard InChI is InChI=1S/C22H26FNO2/c1-15-5-3-6-16(21(15)26-2)14-24-19-9-10-20(24)13-22(25,12-19)17-7-4-8-18(23)11-17/h3-8,11,19-20,25H,9-10,12-14H2,1-2H3/t19-,20-/m0/s1. The van der Waals surface area contributed by atoms with Gasteiger partial charge in [-0.05, 0) is 55.9 Å². The summed E-state index contributed by atoms with van der Waals surface area (Å²) in [6, 6.07) is 13.3. The third kappa shape index (κ3) is 3.01. The van der Waals surface area contributed by atoms with Crippen LogP contribution in [-0.4, -0.2) is 29.2 Å². The second kappa shape index (κ2) is 6.67. The van der Waals surface area contributed by atoms with Crippen LogP contribution >= 0.6 is 0 Å². The van der Waals surface area contributed by atoms with E-state index in [4.69, 9.17) is 4.74 Å². The summed E-state index contributed by atoms with van der Waals surface area (Å²) in [5.74, 6) is 0.674. The third-order valence-electron chi connectivity index (χ3n) is 6.13. The lowest BCUT2D eigenvalue weighted by molar-refractivity contribution is -0.0598. The highest BCUT2D eigenvalue weighted by molar-refractivity contribution is 5.41. The first kappa shape index (κ1) is 17.5. The molecule has 2 saturated heterocycles. The van der Waals surface area contributed by atoms with Crippen LogP contribution in [0.1, 0.15) is 42.4 Å². The zero-order valence-corrected chi connectivity index (χ0v) is 15.4. The highest BCUT2D eigenvalue weighted by Crippen LogP contribution is 2.46. The zero-order valence-electron chi connectivity index (χ0n) is 15.4. The molecule has 4 rings (SSSR count). The van der Waals surface area contributed by atoms with Crippen LogP contribution in [0.3, 0.4) is 0 Å². The Balaban J connectivity index is 1.57. The summed E-state index contributed by atoms with van der Waals surface area (Å²) in [4.78, 5) is 2.51. The van der Waals surface area contributed by atoms with Gasteiger partial charge >= 0.3 is 0 Å². The number of methoxy groups -OCH3 is 1. The largest absolute Gasteiger partial charge is 0.496 e. The van der Waals surface area contributed by atoms with Gasteiger partial charge in [0.15, 0.2) is 0 Å². The van der Waals surface area contributed by atoms with E-state index in [1.54, 1.807) is 13.2 Å². The second-order valence-electron chi connectivity index (χ2n) is 7.77. The van der Waals surface area contributed by atoms with Crippen LogP contribution in [0.5, 0.6) is 5.75 Å². The van der Waals surface area contributed by atoms with E-state index in [0.717, 1.165) is 30.7 Å². The van der Waals surface area contributed by atoms with Gasteiger partial charge in [0.2, 0.25) is 0 Å². The molecule has 1 N–H and O–H groups in total. The number of rotatable bonds is 4. The summed E-state index contributed by atoms with van der Waals surface area (Å²) >= 11 is 0. The van der Waals surface area contributed by atoms with Crippen molar-refractivity contribution in [1.29, 1.82) is 0 Å². The number of benzene rings is 2. The fourth-order valence-electron chi connectivity index (χ4n) is 4.91. The minimum Gasteiger partial charge on any atom is -0.496 e. The van der Waals surface area contributed by atoms with E-state index >= 15 is 0 Å². The summed E-state index contributed by atoms with van der Waals surface area (Å²) in [5.41, 5.74) is 2.12. The maximum absolute atomic E-state index is 13.7. The van der Waals surface area contributed by atoms with Crippen LogP contribution in [0.25, 0.3) is 0 Å². The zero-order chi connectivity index (χ0) is 18.3. The number of halogens is 1. The van der Waals surface area contributed by atoms with Crippen LogP contribution in [0.2, 0.25) is 0 Å². The Morgan fingerprint density at radius 1 is 1.15 bits per heavy atom. The Morgan fingerprint density at radius 2 is 1.85 bits per heavy atom. The summed E-state index contributed by atoms with van der Waals surface area (Å²) in [6.45, 7) is 2.90. The van der Waals surface area contributed by atoms with Crippen molar-refractivity contribution in [3.8, 4) is 5.75 Å². The molecule has 2 atom stereocenters. The number of aryl methyl sites for hydroxylation is 1.